The maximum absolute atomic E-state index is 13.2. The summed E-state index contributed by atoms with van der Waals surface area (Å²) in [6, 6.07) is 8.84. The van der Waals surface area contributed by atoms with Crippen molar-refractivity contribution in [3.8, 4) is 11.3 Å². The van der Waals surface area contributed by atoms with E-state index >= 15 is 0 Å². The highest BCUT2D eigenvalue weighted by Gasteiger charge is 2.27. The smallest absolute Gasteiger partial charge is 0.291 e. The van der Waals surface area contributed by atoms with Gasteiger partial charge in [0.25, 0.3) is 5.91 Å². The minimum atomic E-state index is -0.471. The van der Waals surface area contributed by atoms with Crippen molar-refractivity contribution in [2.75, 3.05) is 43.0 Å². The number of aromatic nitrogens is 3. The molecule has 2 aliphatic heterocycles. The summed E-state index contributed by atoms with van der Waals surface area (Å²) < 4.78 is 17.6. The van der Waals surface area contributed by atoms with Gasteiger partial charge in [0.05, 0.1) is 18.4 Å². The Morgan fingerprint density at radius 3 is 2.95 bits per heavy atom. The molecule has 2 saturated heterocycles. The highest BCUT2D eigenvalue weighted by Crippen LogP contribution is 2.33. The summed E-state index contributed by atoms with van der Waals surface area (Å²) in [5, 5.41) is 16.5. The summed E-state index contributed by atoms with van der Waals surface area (Å²) in [6.45, 7) is 4.95. The van der Waals surface area contributed by atoms with Gasteiger partial charge < -0.3 is 34.2 Å². The number of morpholine rings is 1. The maximum atomic E-state index is 13.2. The summed E-state index contributed by atoms with van der Waals surface area (Å²) in [4.78, 5) is 28.7. The van der Waals surface area contributed by atoms with Crippen LogP contribution in [0.25, 0.3) is 22.6 Å². The van der Waals surface area contributed by atoms with Crippen LogP contribution in [0.2, 0.25) is 0 Å². The number of hydrogen-bond donors (Lipinski definition) is 3. The van der Waals surface area contributed by atoms with Gasteiger partial charge >= 0.3 is 0 Å². The third kappa shape index (κ3) is 4.93. The number of amides is 1. The lowest BCUT2D eigenvalue weighted by Crippen LogP contribution is -2.39. The molecule has 2 atom stereocenters. The fourth-order valence-electron chi connectivity index (χ4n) is 4.71. The van der Waals surface area contributed by atoms with Crippen LogP contribution in [-0.2, 0) is 4.74 Å². The summed E-state index contributed by atoms with van der Waals surface area (Å²) in [6.07, 6.45) is 2.46. The summed E-state index contributed by atoms with van der Waals surface area (Å²) in [5.41, 5.74) is 3.01. The van der Waals surface area contributed by atoms with Crippen LogP contribution in [0, 0.1) is 6.92 Å². The second-order valence-corrected chi connectivity index (χ2v) is 9.34. The molecule has 0 spiro atoms. The number of nitrogens with zero attached hydrogens (tertiary/aromatic N) is 4. The third-order valence-corrected chi connectivity index (χ3v) is 6.54. The number of oxazole rings is 1. The molecule has 0 saturated carbocycles. The topological polar surface area (TPSA) is 139 Å². The molecule has 2 unspecified atom stereocenters. The summed E-state index contributed by atoms with van der Waals surface area (Å²) in [5.74, 6) is 1.28. The molecule has 6 heterocycles. The number of anilines is 2. The van der Waals surface area contributed by atoms with Gasteiger partial charge in [-0.2, -0.15) is 4.98 Å². The first-order chi connectivity index (χ1) is 18.0. The molecule has 0 aromatic carbocycles. The Balaban J connectivity index is 1.32. The van der Waals surface area contributed by atoms with E-state index in [1.165, 1.54) is 0 Å². The molecular weight excluding hydrogens is 476 g/mol. The zero-order valence-electron chi connectivity index (χ0n) is 20.4. The minimum absolute atomic E-state index is 0.161. The highest BCUT2D eigenvalue weighted by molar-refractivity contribution is 6.05. The van der Waals surface area contributed by atoms with E-state index in [1.54, 1.807) is 24.4 Å². The van der Waals surface area contributed by atoms with Gasteiger partial charge in [-0.3, -0.25) is 9.78 Å². The van der Waals surface area contributed by atoms with Gasteiger partial charge in [0.15, 0.2) is 17.2 Å². The molecule has 2 aliphatic rings. The first-order valence-electron chi connectivity index (χ1n) is 12.4. The van der Waals surface area contributed by atoms with E-state index < -0.39 is 12.0 Å². The molecule has 11 nitrogen and oxygen atoms in total. The number of aryl methyl sites for hydroxylation is 1. The molecule has 2 fully saturated rings. The predicted molar refractivity (Wildman–Crippen MR) is 135 cm³/mol. The van der Waals surface area contributed by atoms with Crippen molar-refractivity contribution in [1.29, 1.82) is 0 Å². The van der Waals surface area contributed by atoms with E-state index in [9.17, 15) is 9.90 Å². The van der Waals surface area contributed by atoms with Gasteiger partial charge in [-0.05, 0) is 44.0 Å². The van der Waals surface area contributed by atoms with Crippen LogP contribution < -0.4 is 15.5 Å². The molecular formula is C26H28N6O5. The van der Waals surface area contributed by atoms with Crippen molar-refractivity contribution in [2.45, 2.75) is 32.0 Å². The molecule has 0 aliphatic carbocycles. The minimum Gasteiger partial charge on any atom is -0.451 e. The molecule has 4 aromatic heterocycles. The van der Waals surface area contributed by atoms with E-state index in [4.69, 9.17) is 18.6 Å². The Morgan fingerprint density at radius 2 is 2.14 bits per heavy atom. The van der Waals surface area contributed by atoms with Crippen LogP contribution in [0.4, 0.5) is 11.5 Å². The summed E-state index contributed by atoms with van der Waals surface area (Å²) in [7, 11) is 0. The first kappa shape index (κ1) is 23.6. The number of aliphatic hydroxyl groups is 1. The Morgan fingerprint density at radius 1 is 1.22 bits per heavy atom. The maximum Gasteiger partial charge on any atom is 0.291 e. The molecule has 0 radical (unpaired) electrons. The quantitative estimate of drug-likeness (QED) is 0.372. The lowest BCUT2D eigenvalue weighted by molar-refractivity contribution is 0.0118. The Kier molecular flexibility index (Phi) is 6.33. The number of hydrogen-bond acceptors (Lipinski definition) is 10. The van der Waals surface area contributed by atoms with Crippen LogP contribution in [0.3, 0.4) is 0 Å². The number of ether oxygens (including phenoxy) is 1. The molecule has 6 rings (SSSR count). The average molecular weight is 505 g/mol. The van der Waals surface area contributed by atoms with E-state index in [2.05, 4.69) is 20.6 Å². The molecule has 4 aromatic rings. The van der Waals surface area contributed by atoms with Crippen molar-refractivity contribution in [1.82, 2.24) is 20.3 Å². The van der Waals surface area contributed by atoms with Crippen molar-refractivity contribution < 1.29 is 23.5 Å². The van der Waals surface area contributed by atoms with Gasteiger partial charge in [0.2, 0.25) is 11.5 Å². The zero-order chi connectivity index (χ0) is 25.4. The number of furan rings is 1. The molecule has 0 bridgehead atoms. The number of aliphatic hydroxyl groups excluding tert-OH is 1. The Bertz CT molecular complexity index is 1430. The van der Waals surface area contributed by atoms with Crippen LogP contribution in [0.1, 0.15) is 41.1 Å². The zero-order valence-corrected chi connectivity index (χ0v) is 20.4. The lowest BCUT2D eigenvalue weighted by Gasteiger charge is -2.32. The Labute approximate surface area is 212 Å². The van der Waals surface area contributed by atoms with E-state index in [0.717, 1.165) is 30.6 Å². The molecule has 1 amide bonds. The van der Waals surface area contributed by atoms with Crippen molar-refractivity contribution in [3.05, 3.63) is 53.9 Å². The molecule has 37 heavy (non-hydrogen) atoms. The Hall–Kier alpha value is -3.80. The van der Waals surface area contributed by atoms with Crippen LogP contribution in [0.15, 0.2) is 45.4 Å². The van der Waals surface area contributed by atoms with Crippen LogP contribution >= 0.6 is 0 Å². The number of pyridine rings is 2. The normalized spacial score (nSPS) is 20.3. The number of fused-ring (bicyclic) bond motifs is 1. The molecule has 3 N–H and O–H groups in total. The van der Waals surface area contributed by atoms with Crippen LogP contribution in [-0.4, -0.2) is 64.9 Å². The van der Waals surface area contributed by atoms with Crippen molar-refractivity contribution in [3.63, 3.8) is 0 Å². The van der Waals surface area contributed by atoms with Crippen LogP contribution in [0.5, 0.6) is 0 Å². The van der Waals surface area contributed by atoms with E-state index in [-0.39, 0.29) is 11.9 Å². The van der Waals surface area contributed by atoms with Crippen molar-refractivity contribution >= 4 is 28.6 Å². The highest BCUT2D eigenvalue weighted by atomic mass is 16.5. The monoisotopic (exact) mass is 504 g/mol. The standard InChI is InChI=1S/C26H28N6O5/c1-15-11-16(6-7-28-15)19-4-5-20(36-19)25(34)29-18-12-21-23(30-24(18)32-9-2-3-17(33)14-32)31-26(37-21)22-13-27-8-10-35-22/h4-7,11-12,17,22,27,33H,2-3,8-10,13-14H2,1H3,(H,29,34). The fraction of sp³-hybridized carbons (Fsp3) is 0.385. The largest absolute Gasteiger partial charge is 0.451 e. The van der Waals surface area contributed by atoms with Gasteiger partial charge in [0.1, 0.15) is 11.9 Å². The number of piperidine rings is 1. The number of nitrogens with one attached hydrogen (secondary N) is 2. The first-order valence-corrected chi connectivity index (χ1v) is 12.4. The van der Waals surface area contributed by atoms with Gasteiger partial charge in [-0.15, -0.1) is 0 Å². The summed E-state index contributed by atoms with van der Waals surface area (Å²) >= 11 is 0. The SMILES string of the molecule is Cc1cc(-c2ccc(C(=O)Nc3cc4oc(C5CNCCO5)nc4nc3N3CCCC(O)C3)o2)ccn1. The second-order valence-electron chi connectivity index (χ2n) is 9.34. The number of β-amino-alcohol motifs (C(OH)–C–C–N with tert-alkyl or cyclic N) is 1. The second kappa shape index (κ2) is 9.92. The number of carbonyl (C=O) groups is 1. The van der Waals surface area contributed by atoms with E-state index in [1.807, 2.05) is 24.0 Å². The molecule has 11 heteroatoms. The third-order valence-electron chi connectivity index (χ3n) is 6.54. The number of carbonyl (C=O) groups excluding carboxylic acids is 1. The van der Waals surface area contributed by atoms with Crippen molar-refractivity contribution in [2.24, 2.45) is 0 Å². The fourth-order valence-corrected chi connectivity index (χ4v) is 4.71. The predicted octanol–water partition coefficient (Wildman–Crippen LogP) is 3.06. The average Bonchev–Trinajstić information content (AvgIpc) is 3.56. The van der Waals surface area contributed by atoms with Gasteiger partial charge in [-0.1, -0.05) is 0 Å². The van der Waals surface area contributed by atoms with E-state index in [0.29, 0.717) is 60.6 Å². The number of rotatable bonds is 5. The molecule has 192 valence electrons. The lowest BCUT2D eigenvalue weighted by atomic mass is 10.1. The van der Waals surface area contributed by atoms with Gasteiger partial charge in [0, 0.05) is 49.7 Å². The van der Waals surface area contributed by atoms with Gasteiger partial charge in [-0.25, -0.2) is 4.98 Å².